The lowest BCUT2D eigenvalue weighted by Gasteiger charge is -2.28. The van der Waals surface area contributed by atoms with Crippen LogP contribution in [-0.4, -0.2) is 61.6 Å². The maximum absolute atomic E-state index is 10.5. The van der Waals surface area contributed by atoms with Crippen molar-refractivity contribution in [3.05, 3.63) is 54.3 Å². The highest BCUT2D eigenvalue weighted by atomic mass is 35.5. The number of piperidine rings is 1. The van der Waals surface area contributed by atoms with Gasteiger partial charge in [0.15, 0.2) is 0 Å². The number of nitrogens with zero attached hydrogens (tertiary/aromatic N) is 3. The molecule has 1 aromatic carbocycles. The number of likely N-dealkylation sites (tertiary alicyclic amines) is 2. The third kappa shape index (κ3) is 8.05. The summed E-state index contributed by atoms with van der Waals surface area (Å²) in [6.07, 6.45) is 11.3. The van der Waals surface area contributed by atoms with E-state index in [4.69, 9.17) is 11.6 Å². The zero-order valence-electron chi connectivity index (χ0n) is 18.5. The average Bonchev–Trinajstić information content (AvgIpc) is 3.41. The highest BCUT2D eigenvalue weighted by Gasteiger charge is 2.19. The van der Waals surface area contributed by atoms with Crippen molar-refractivity contribution >= 4 is 57.5 Å². The van der Waals surface area contributed by atoms with Crippen LogP contribution in [-0.2, 0) is 4.79 Å². The van der Waals surface area contributed by atoms with Gasteiger partial charge in [0.05, 0.1) is 4.21 Å². The minimum Gasteiger partial charge on any atom is -0.377 e. The molecule has 2 aliphatic heterocycles. The van der Waals surface area contributed by atoms with E-state index in [1.807, 2.05) is 35.7 Å². The SMILES string of the molecule is C=CN=C/C=C/N1CCC(C=O)CC1.CN1CCC(NSc2cc3cc(Cl)ccc3s2)C1. The number of carbonyl (C=O) groups excluding carboxylic acids is 1. The van der Waals surface area contributed by atoms with E-state index in [-0.39, 0.29) is 5.92 Å². The van der Waals surface area contributed by atoms with Crippen molar-refractivity contribution < 1.29 is 4.79 Å². The van der Waals surface area contributed by atoms with Crippen molar-refractivity contribution in [1.29, 1.82) is 0 Å². The predicted molar refractivity (Wildman–Crippen MR) is 140 cm³/mol. The standard InChI is InChI=1S/C13H15ClN2S2.C11H16N2O/c1-16-5-4-11(8-16)15-18-13-7-9-6-10(14)2-3-12(9)17-13;1-2-12-6-3-7-13-8-4-11(10-14)5-9-13/h2-3,6-7,11,15H,4-5,8H2,1H3;2-3,6-7,10-11H,1,4-5,8-9H2/b;7-3+,12-6?. The zero-order chi connectivity index (χ0) is 22.8. The topological polar surface area (TPSA) is 47.9 Å². The van der Waals surface area contributed by atoms with E-state index in [0.29, 0.717) is 6.04 Å². The molecule has 1 aromatic heterocycles. The number of fused-ring (bicyclic) bond motifs is 1. The molecule has 1 N–H and O–H groups in total. The highest BCUT2D eigenvalue weighted by molar-refractivity contribution is 7.99. The van der Waals surface area contributed by atoms with Gasteiger partial charge in [-0.15, -0.1) is 11.3 Å². The molecule has 2 aliphatic rings. The summed E-state index contributed by atoms with van der Waals surface area (Å²) in [5, 5.41) is 2.04. The lowest BCUT2D eigenvalue weighted by Crippen LogP contribution is -2.29. The number of carbonyl (C=O) groups is 1. The third-order valence-electron chi connectivity index (χ3n) is 5.51. The first-order valence-electron chi connectivity index (χ1n) is 10.9. The van der Waals surface area contributed by atoms with Gasteiger partial charge in [0.1, 0.15) is 6.29 Å². The molecule has 8 heteroatoms. The molecule has 2 saturated heterocycles. The van der Waals surface area contributed by atoms with Gasteiger partial charge in [-0.1, -0.05) is 18.2 Å². The number of aliphatic imine (C=N–C) groups is 1. The van der Waals surface area contributed by atoms with Gasteiger partial charge in [-0.05, 0) is 80.5 Å². The number of thiophene rings is 1. The van der Waals surface area contributed by atoms with E-state index >= 15 is 0 Å². The Labute approximate surface area is 204 Å². The van der Waals surface area contributed by atoms with Crippen molar-refractivity contribution in [1.82, 2.24) is 14.5 Å². The third-order valence-corrected chi connectivity index (χ3v) is 7.93. The monoisotopic (exact) mass is 490 g/mol. The molecule has 0 amide bonds. The normalized spacial score (nSPS) is 20.2. The number of rotatable bonds is 7. The molecule has 32 heavy (non-hydrogen) atoms. The number of hydrogen-bond donors (Lipinski definition) is 1. The highest BCUT2D eigenvalue weighted by Crippen LogP contribution is 2.33. The molecular formula is C24H31ClN4OS2. The molecule has 5 nitrogen and oxygen atoms in total. The second-order valence-corrected chi connectivity index (χ2v) is 10.7. The Morgan fingerprint density at radius 1 is 1.25 bits per heavy atom. The molecule has 3 heterocycles. The molecule has 2 aromatic rings. The summed E-state index contributed by atoms with van der Waals surface area (Å²) in [7, 11) is 2.17. The number of allylic oxidation sites excluding steroid dienone is 1. The molecule has 1 unspecified atom stereocenters. The lowest BCUT2D eigenvalue weighted by molar-refractivity contribution is -0.112. The van der Waals surface area contributed by atoms with Crippen molar-refractivity contribution in [2.75, 3.05) is 33.2 Å². The Morgan fingerprint density at radius 3 is 2.75 bits per heavy atom. The number of nitrogens with one attached hydrogen (secondary N) is 1. The van der Waals surface area contributed by atoms with Crippen LogP contribution in [0.3, 0.4) is 0 Å². The van der Waals surface area contributed by atoms with Crippen LogP contribution >= 0.6 is 34.9 Å². The summed E-state index contributed by atoms with van der Waals surface area (Å²) < 4.78 is 6.16. The number of benzene rings is 1. The van der Waals surface area contributed by atoms with Crippen LogP contribution in [0.25, 0.3) is 10.1 Å². The van der Waals surface area contributed by atoms with Gasteiger partial charge in [0, 0.05) is 59.9 Å². The second-order valence-electron chi connectivity index (χ2n) is 8.05. The summed E-state index contributed by atoms with van der Waals surface area (Å²) in [5.41, 5.74) is 0. The van der Waals surface area contributed by atoms with Crippen molar-refractivity contribution in [3.8, 4) is 0 Å². The molecule has 0 aliphatic carbocycles. The Bertz CT molecular complexity index is 937. The summed E-state index contributed by atoms with van der Waals surface area (Å²) in [6, 6.07) is 8.89. The van der Waals surface area contributed by atoms with Crippen molar-refractivity contribution in [2.24, 2.45) is 10.9 Å². The Morgan fingerprint density at radius 2 is 2.06 bits per heavy atom. The fraction of sp³-hybridized carbons (Fsp3) is 0.417. The average molecular weight is 491 g/mol. The Kier molecular flexibility index (Phi) is 10.3. The number of aldehydes is 1. The van der Waals surface area contributed by atoms with Crippen LogP contribution in [0.4, 0.5) is 0 Å². The summed E-state index contributed by atoms with van der Waals surface area (Å²) >= 11 is 9.57. The van der Waals surface area contributed by atoms with E-state index < -0.39 is 0 Å². The first-order chi connectivity index (χ1) is 15.6. The van der Waals surface area contributed by atoms with Crippen LogP contribution < -0.4 is 4.72 Å². The van der Waals surface area contributed by atoms with Gasteiger partial charge in [-0.25, -0.2) is 0 Å². The van der Waals surface area contributed by atoms with Crippen LogP contribution in [0.5, 0.6) is 0 Å². The molecule has 4 rings (SSSR count). The number of likely N-dealkylation sites (N-methyl/N-ethyl adjacent to an activating group) is 1. The van der Waals surface area contributed by atoms with Gasteiger partial charge in [-0.2, -0.15) is 0 Å². The molecule has 1 atom stereocenters. The molecule has 172 valence electrons. The van der Waals surface area contributed by atoms with E-state index in [2.05, 4.69) is 45.3 Å². The minimum atomic E-state index is 0.265. The smallest absolute Gasteiger partial charge is 0.123 e. The van der Waals surface area contributed by atoms with Crippen LogP contribution in [0.1, 0.15) is 19.3 Å². The maximum atomic E-state index is 10.5. The second kappa shape index (κ2) is 13.2. The molecule has 0 spiro atoms. The fourth-order valence-corrected chi connectivity index (χ4v) is 5.88. The fourth-order valence-electron chi connectivity index (χ4n) is 3.69. The quantitative estimate of drug-likeness (QED) is 0.316. The zero-order valence-corrected chi connectivity index (χ0v) is 20.8. The van der Waals surface area contributed by atoms with Crippen molar-refractivity contribution in [3.63, 3.8) is 0 Å². The first kappa shape index (κ1) is 25.0. The number of hydrogen-bond acceptors (Lipinski definition) is 7. The van der Waals surface area contributed by atoms with E-state index in [0.717, 1.165) is 43.8 Å². The van der Waals surface area contributed by atoms with Crippen LogP contribution in [0.15, 0.2) is 58.5 Å². The maximum Gasteiger partial charge on any atom is 0.123 e. The van der Waals surface area contributed by atoms with Gasteiger partial charge in [0.2, 0.25) is 0 Å². The van der Waals surface area contributed by atoms with E-state index in [1.165, 1.54) is 33.5 Å². The molecule has 2 fully saturated rings. The van der Waals surface area contributed by atoms with Gasteiger partial charge in [-0.3, -0.25) is 9.71 Å². The first-order valence-corrected chi connectivity index (χ1v) is 12.9. The largest absolute Gasteiger partial charge is 0.377 e. The summed E-state index contributed by atoms with van der Waals surface area (Å²) in [4.78, 5) is 18.9. The van der Waals surface area contributed by atoms with Crippen molar-refractivity contribution in [2.45, 2.75) is 29.5 Å². The van der Waals surface area contributed by atoms with Crippen LogP contribution in [0, 0.1) is 5.92 Å². The predicted octanol–water partition coefficient (Wildman–Crippen LogP) is 5.48. The summed E-state index contributed by atoms with van der Waals surface area (Å²) in [6.45, 7) is 7.74. The molecule has 0 bridgehead atoms. The van der Waals surface area contributed by atoms with E-state index in [1.54, 1.807) is 18.2 Å². The Hall–Kier alpha value is -1.64. The van der Waals surface area contributed by atoms with Gasteiger partial charge >= 0.3 is 0 Å². The number of halogens is 1. The molecule has 0 saturated carbocycles. The molecular weight excluding hydrogens is 460 g/mol. The Balaban J connectivity index is 0.000000188. The minimum absolute atomic E-state index is 0.265. The van der Waals surface area contributed by atoms with Gasteiger partial charge < -0.3 is 14.6 Å². The van der Waals surface area contributed by atoms with Crippen LogP contribution in [0.2, 0.25) is 5.02 Å². The molecule has 0 radical (unpaired) electrons. The van der Waals surface area contributed by atoms with Gasteiger partial charge in [0.25, 0.3) is 0 Å². The van der Waals surface area contributed by atoms with E-state index in [9.17, 15) is 4.79 Å². The summed E-state index contributed by atoms with van der Waals surface area (Å²) in [5.74, 6) is 0.265. The lowest BCUT2D eigenvalue weighted by atomic mass is 9.99.